The topological polar surface area (TPSA) is 19.4 Å². The molecule has 0 saturated carbocycles. The van der Waals surface area contributed by atoms with Crippen molar-refractivity contribution in [3.05, 3.63) is 104 Å². The van der Waals surface area contributed by atoms with Gasteiger partial charge in [-0.15, -0.1) is 53.4 Å². The fourth-order valence-corrected chi connectivity index (χ4v) is 3.97. The molecular weight excluding hydrogens is 585 g/mol. The Bertz CT molecular complexity index is 1320. The van der Waals surface area contributed by atoms with E-state index in [9.17, 15) is 0 Å². The molecule has 1 aliphatic rings. The monoisotopic (exact) mass is 611 g/mol. The second kappa shape index (κ2) is 9.15. The van der Waals surface area contributed by atoms with E-state index >= 15 is 0 Å². The first-order chi connectivity index (χ1) is 15.4. The van der Waals surface area contributed by atoms with Crippen molar-refractivity contribution in [2.24, 2.45) is 0 Å². The molecular formula is C29H26N3Pt-3. The maximum Gasteiger partial charge on any atom is 0.0186 e. The summed E-state index contributed by atoms with van der Waals surface area (Å²) in [5, 5.41) is 2.24. The number of rotatable bonds is 3. The Morgan fingerprint density at radius 1 is 0.879 bits per heavy atom. The summed E-state index contributed by atoms with van der Waals surface area (Å²) in [7, 11) is 2.02. The van der Waals surface area contributed by atoms with Gasteiger partial charge in [-0.05, 0) is 36.5 Å². The number of hydrogen-bond acceptors (Lipinski definition) is 3. The third-order valence-electron chi connectivity index (χ3n) is 5.80. The Morgan fingerprint density at radius 2 is 1.70 bits per heavy atom. The minimum Gasteiger partial charge on any atom is -0.510 e. The zero-order valence-corrected chi connectivity index (χ0v) is 21.5. The van der Waals surface area contributed by atoms with Crippen molar-refractivity contribution >= 4 is 16.5 Å². The molecule has 0 aliphatic carbocycles. The van der Waals surface area contributed by atoms with Crippen molar-refractivity contribution in [1.29, 1.82) is 0 Å². The molecule has 4 aromatic rings. The Morgan fingerprint density at radius 3 is 2.45 bits per heavy atom. The molecule has 170 valence electrons. The maximum atomic E-state index is 4.64. The van der Waals surface area contributed by atoms with Crippen LogP contribution >= 0.6 is 0 Å². The van der Waals surface area contributed by atoms with Gasteiger partial charge in [-0.1, -0.05) is 67.2 Å². The summed E-state index contributed by atoms with van der Waals surface area (Å²) in [6.45, 7) is 8.71. The molecule has 3 aromatic carbocycles. The first-order valence-electron chi connectivity index (χ1n) is 10.9. The first-order valence-corrected chi connectivity index (χ1v) is 10.9. The summed E-state index contributed by atoms with van der Waals surface area (Å²) >= 11 is 0. The van der Waals surface area contributed by atoms with Gasteiger partial charge in [0.25, 0.3) is 0 Å². The van der Waals surface area contributed by atoms with E-state index in [1.807, 2.05) is 37.2 Å². The number of fused-ring (bicyclic) bond motifs is 1. The van der Waals surface area contributed by atoms with E-state index in [-0.39, 0.29) is 26.5 Å². The quantitative estimate of drug-likeness (QED) is 0.238. The maximum absolute atomic E-state index is 4.64. The van der Waals surface area contributed by atoms with Gasteiger partial charge in [-0.2, -0.15) is 6.67 Å². The summed E-state index contributed by atoms with van der Waals surface area (Å²) in [6.07, 6.45) is 5.96. The molecule has 0 fully saturated rings. The van der Waals surface area contributed by atoms with Crippen LogP contribution in [0.4, 0.5) is 5.69 Å². The molecule has 4 heteroatoms. The predicted octanol–water partition coefficient (Wildman–Crippen LogP) is 6.81. The van der Waals surface area contributed by atoms with Gasteiger partial charge in [0.1, 0.15) is 0 Å². The Hall–Kier alpha value is -2.90. The van der Waals surface area contributed by atoms with Gasteiger partial charge < -0.3 is 9.80 Å². The third-order valence-corrected chi connectivity index (χ3v) is 5.80. The van der Waals surface area contributed by atoms with E-state index < -0.39 is 0 Å². The molecule has 0 saturated heterocycles. The molecule has 0 unspecified atom stereocenters. The molecule has 33 heavy (non-hydrogen) atoms. The zero-order valence-electron chi connectivity index (χ0n) is 19.2. The largest absolute Gasteiger partial charge is 0.510 e. The molecule has 3 nitrogen and oxygen atoms in total. The van der Waals surface area contributed by atoms with Crippen molar-refractivity contribution in [2.75, 3.05) is 11.9 Å². The molecule has 0 N–H and O–H groups in total. The van der Waals surface area contributed by atoms with Crippen molar-refractivity contribution < 1.29 is 21.1 Å². The number of pyridine rings is 1. The van der Waals surface area contributed by atoms with Gasteiger partial charge in [-0.25, -0.2) is 0 Å². The van der Waals surface area contributed by atoms with Crippen LogP contribution in [0.2, 0.25) is 0 Å². The van der Waals surface area contributed by atoms with Crippen molar-refractivity contribution in [3.8, 4) is 22.4 Å². The van der Waals surface area contributed by atoms with Crippen LogP contribution < -0.4 is 4.90 Å². The molecule has 5 rings (SSSR count). The van der Waals surface area contributed by atoms with Crippen LogP contribution in [0, 0.1) is 18.8 Å². The summed E-state index contributed by atoms with van der Waals surface area (Å²) in [6, 6.07) is 28.4. The number of hydrogen-bond donors (Lipinski definition) is 0. The molecule has 0 atom stereocenters. The number of aromatic nitrogens is 1. The fraction of sp³-hybridized carbons (Fsp3) is 0.172. The molecule has 2 heterocycles. The van der Waals surface area contributed by atoms with Crippen LogP contribution in [0.25, 0.3) is 33.2 Å². The average Bonchev–Trinajstić information content (AvgIpc) is 3.24. The van der Waals surface area contributed by atoms with Crippen LogP contribution in [0.5, 0.6) is 0 Å². The van der Waals surface area contributed by atoms with Gasteiger partial charge in [0, 0.05) is 33.0 Å². The van der Waals surface area contributed by atoms with Gasteiger partial charge in [0.2, 0.25) is 0 Å². The Balaban J connectivity index is 0.00000259. The summed E-state index contributed by atoms with van der Waals surface area (Å²) in [4.78, 5) is 8.74. The molecule has 1 aromatic heterocycles. The molecule has 1 aliphatic heterocycles. The normalized spacial score (nSPS) is 13.5. The molecule has 0 amide bonds. The second-order valence-electron chi connectivity index (χ2n) is 9.26. The average molecular weight is 612 g/mol. The van der Waals surface area contributed by atoms with Gasteiger partial charge >= 0.3 is 0 Å². The van der Waals surface area contributed by atoms with Crippen LogP contribution in [0.1, 0.15) is 26.3 Å². The van der Waals surface area contributed by atoms with E-state index in [0.29, 0.717) is 0 Å². The Labute approximate surface area is 211 Å². The number of nitrogens with zero attached hydrogens (tertiary/aromatic N) is 3. The van der Waals surface area contributed by atoms with Crippen LogP contribution in [-0.4, -0.2) is 16.9 Å². The minimum atomic E-state index is 0. The SMILES string of the molecule is CN1C=CN(c2[c-]c(-c3cccc4ccc(-c5cc(C(C)(C)C)ccn5)[c-]c34)ccc2)[CH-]1.[Pt]. The number of anilines is 1. The van der Waals surface area contributed by atoms with Crippen LogP contribution in [0.3, 0.4) is 0 Å². The summed E-state index contributed by atoms with van der Waals surface area (Å²) < 4.78 is 0. The van der Waals surface area contributed by atoms with Crippen molar-refractivity contribution in [2.45, 2.75) is 26.2 Å². The van der Waals surface area contributed by atoms with Crippen molar-refractivity contribution in [3.63, 3.8) is 0 Å². The van der Waals surface area contributed by atoms with Crippen LogP contribution in [-0.2, 0) is 26.5 Å². The zero-order chi connectivity index (χ0) is 22.3. The van der Waals surface area contributed by atoms with E-state index in [2.05, 4.69) is 103 Å². The Kier molecular flexibility index (Phi) is 6.45. The molecule has 0 radical (unpaired) electrons. The van der Waals surface area contributed by atoms with E-state index in [0.717, 1.165) is 38.8 Å². The second-order valence-corrected chi connectivity index (χ2v) is 9.26. The van der Waals surface area contributed by atoms with Gasteiger partial charge in [0.05, 0.1) is 0 Å². The minimum absolute atomic E-state index is 0. The molecule has 0 bridgehead atoms. The van der Waals surface area contributed by atoms with Crippen molar-refractivity contribution in [1.82, 2.24) is 9.88 Å². The predicted molar refractivity (Wildman–Crippen MR) is 133 cm³/mol. The standard InChI is InChI=1S/C29H26N3.Pt/c1-29(2,3)24-13-14-30-28(19-24)23-12-11-21-7-6-10-26(27(21)18-23)22-8-5-9-25(17-22)32-16-15-31(4)20-32;/h5-16,19-20H,1-4H3;/q-3;. The third kappa shape index (κ3) is 4.75. The van der Waals surface area contributed by atoms with Gasteiger partial charge in [0.15, 0.2) is 0 Å². The molecule has 0 spiro atoms. The van der Waals surface area contributed by atoms with E-state index in [1.165, 1.54) is 5.56 Å². The van der Waals surface area contributed by atoms with Crippen LogP contribution in [0.15, 0.2) is 79.3 Å². The summed E-state index contributed by atoms with van der Waals surface area (Å²) in [5.74, 6) is 0. The number of benzene rings is 3. The van der Waals surface area contributed by atoms with E-state index in [4.69, 9.17) is 0 Å². The van der Waals surface area contributed by atoms with Gasteiger partial charge in [-0.3, -0.25) is 4.98 Å². The first kappa shape index (κ1) is 23.3. The smallest absolute Gasteiger partial charge is 0.0186 e. The summed E-state index contributed by atoms with van der Waals surface area (Å²) in [5.41, 5.74) is 6.48. The van der Waals surface area contributed by atoms with E-state index in [1.54, 1.807) is 0 Å². The fourth-order valence-electron chi connectivity index (χ4n) is 3.97.